The molecule has 0 atom stereocenters. The second kappa shape index (κ2) is 8.28. The van der Waals surface area contributed by atoms with Crippen molar-refractivity contribution < 1.29 is 4.79 Å². The third-order valence-electron chi connectivity index (χ3n) is 4.58. The summed E-state index contributed by atoms with van der Waals surface area (Å²) in [6.45, 7) is 5.70. The number of nitrogens with zero attached hydrogens (tertiary/aromatic N) is 3. The van der Waals surface area contributed by atoms with Crippen LogP contribution in [0.15, 0.2) is 63.8 Å². The molecule has 0 aromatic heterocycles. The van der Waals surface area contributed by atoms with Crippen molar-refractivity contribution in [3.8, 4) is 0 Å². The van der Waals surface area contributed by atoms with Gasteiger partial charge in [0.2, 0.25) is 0 Å². The van der Waals surface area contributed by atoms with E-state index < -0.39 is 0 Å². The SMILES string of the molecule is CCN(C=C1N=C(c2ccccc2Cl)c2cc(Br)ccc2N(C)C1=O)CC. The number of amides is 1. The van der Waals surface area contributed by atoms with E-state index in [1.54, 1.807) is 11.9 Å². The quantitative estimate of drug-likeness (QED) is 0.613. The second-order valence-corrected chi connectivity index (χ2v) is 7.52. The van der Waals surface area contributed by atoms with Gasteiger partial charge in [-0.15, -0.1) is 0 Å². The summed E-state index contributed by atoms with van der Waals surface area (Å²) >= 11 is 10.0. The maximum atomic E-state index is 13.1. The van der Waals surface area contributed by atoms with Crippen molar-refractivity contribution in [1.29, 1.82) is 0 Å². The van der Waals surface area contributed by atoms with Crippen LogP contribution in [0.4, 0.5) is 5.69 Å². The van der Waals surface area contributed by atoms with Gasteiger partial charge in [-0.3, -0.25) is 4.79 Å². The Balaban J connectivity index is 2.30. The predicted molar refractivity (Wildman–Crippen MR) is 116 cm³/mol. The van der Waals surface area contributed by atoms with Crippen molar-refractivity contribution in [1.82, 2.24) is 4.90 Å². The van der Waals surface area contributed by atoms with Crippen LogP contribution >= 0.6 is 27.5 Å². The number of hydrogen-bond donors (Lipinski definition) is 0. The van der Waals surface area contributed by atoms with Gasteiger partial charge >= 0.3 is 0 Å². The van der Waals surface area contributed by atoms with Gasteiger partial charge in [0.1, 0.15) is 5.70 Å². The molecular weight excluding hydrogens is 426 g/mol. The Labute approximate surface area is 173 Å². The van der Waals surface area contributed by atoms with Gasteiger partial charge in [0.15, 0.2) is 0 Å². The molecule has 1 amide bonds. The molecule has 0 spiro atoms. The van der Waals surface area contributed by atoms with Crippen molar-refractivity contribution in [2.45, 2.75) is 13.8 Å². The molecule has 0 fully saturated rings. The van der Waals surface area contributed by atoms with Crippen LogP contribution in [0.2, 0.25) is 5.02 Å². The molecule has 0 saturated carbocycles. The average molecular weight is 447 g/mol. The smallest absolute Gasteiger partial charge is 0.278 e. The molecule has 2 aromatic carbocycles. The molecule has 1 aliphatic heterocycles. The standard InChI is InChI=1S/C21H21BrClN3O/c1-4-26(5-2)13-18-21(27)25(3)19-11-10-14(22)12-16(19)20(24-18)15-8-6-7-9-17(15)23/h6-13H,4-5H2,1-3H3. The van der Waals surface area contributed by atoms with E-state index in [2.05, 4.69) is 34.7 Å². The number of aliphatic imine (C=N–C) groups is 1. The number of halogens is 2. The Morgan fingerprint density at radius 3 is 2.52 bits per heavy atom. The summed E-state index contributed by atoms with van der Waals surface area (Å²) in [7, 11) is 1.77. The van der Waals surface area contributed by atoms with E-state index in [1.807, 2.05) is 48.7 Å². The first-order chi connectivity index (χ1) is 13.0. The maximum absolute atomic E-state index is 13.1. The predicted octanol–water partition coefficient (Wildman–Crippen LogP) is 5.10. The molecule has 140 valence electrons. The monoisotopic (exact) mass is 445 g/mol. The van der Waals surface area contributed by atoms with Crippen LogP contribution in [0.5, 0.6) is 0 Å². The first-order valence-electron chi connectivity index (χ1n) is 8.83. The molecule has 2 aromatic rings. The Morgan fingerprint density at radius 2 is 1.85 bits per heavy atom. The van der Waals surface area contributed by atoms with Crippen molar-refractivity contribution in [2.24, 2.45) is 4.99 Å². The van der Waals surface area contributed by atoms with Crippen LogP contribution in [0, 0.1) is 0 Å². The van der Waals surface area contributed by atoms with Crippen molar-refractivity contribution in [3.63, 3.8) is 0 Å². The highest BCUT2D eigenvalue weighted by atomic mass is 79.9. The van der Waals surface area contributed by atoms with Gasteiger partial charge in [0.25, 0.3) is 5.91 Å². The zero-order chi connectivity index (χ0) is 19.6. The van der Waals surface area contributed by atoms with Gasteiger partial charge in [0.05, 0.1) is 11.4 Å². The van der Waals surface area contributed by atoms with Crippen molar-refractivity contribution in [3.05, 3.63) is 75.0 Å². The third kappa shape index (κ3) is 3.94. The number of carbonyl (C=O) groups is 1. The summed E-state index contributed by atoms with van der Waals surface area (Å²) in [5.74, 6) is -0.146. The largest absolute Gasteiger partial charge is 0.376 e. The highest BCUT2D eigenvalue weighted by Gasteiger charge is 2.27. The number of anilines is 1. The Hall–Kier alpha value is -2.11. The number of fused-ring (bicyclic) bond motifs is 1. The number of rotatable bonds is 4. The molecule has 0 radical (unpaired) electrons. The lowest BCUT2D eigenvalue weighted by atomic mass is 10.0. The normalized spacial score (nSPS) is 15.4. The molecule has 0 bridgehead atoms. The lowest BCUT2D eigenvalue weighted by Crippen LogP contribution is -2.28. The Morgan fingerprint density at radius 1 is 1.15 bits per heavy atom. The Kier molecular flexibility index (Phi) is 6.02. The van der Waals surface area contributed by atoms with E-state index in [0.717, 1.165) is 34.4 Å². The highest BCUT2D eigenvalue weighted by Crippen LogP contribution is 2.33. The minimum atomic E-state index is -0.146. The minimum absolute atomic E-state index is 0.146. The number of carbonyl (C=O) groups excluding carboxylic acids is 1. The van der Waals surface area contributed by atoms with Crippen LogP contribution in [-0.4, -0.2) is 36.7 Å². The molecule has 3 rings (SSSR count). The number of benzodiazepines with no additional fused rings is 1. The van der Waals surface area contributed by atoms with Gasteiger partial charge in [-0.05, 0) is 38.1 Å². The molecule has 1 aliphatic rings. The first-order valence-corrected chi connectivity index (χ1v) is 10.0. The third-order valence-corrected chi connectivity index (χ3v) is 5.40. The number of hydrogen-bond acceptors (Lipinski definition) is 3. The lowest BCUT2D eigenvalue weighted by Gasteiger charge is -2.20. The topological polar surface area (TPSA) is 35.9 Å². The van der Waals surface area contributed by atoms with E-state index >= 15 is 0 Å². The zero-order valence-electron chi connectivity index (χ0n) is 15.5. The van der Waals surface area contributed by atoms with E-state index in [4.69, 9.17) is 16.6 Å². The summed E-state index contributed by atoms with van der Waals surface area (Å²) in [5, 5.41) is 0.598. The summed E-state index contributed by atoms with van der Waals surface area (Å²) in [6.07, 6.45) is 1.83. The summed E-state index contributed by atoms with van der Waals surface area (Å²) in [5.41, 5.74) is 3.53. The number of benzene rings is 2. The van der Waals surface area contributed by atoms with Crippen LogP contribution in [0.1, 0.15) is 25.0 Å². The van der Waals surface area contributed by atoms with Crippen molar-refractivity contribution >= 4 is 44.8 Å². The fourth-order valence-electron chi connectivity index (χ4n) is 3.02. The van der Waals surface area contributed by atoms with Gasteiger partial charge < -0.3 is 9.80 Å². The van der Waals surface area contributed by atoms with Gasteiger partial charge in [-0.1, -0.05) is 45.7 Å². The van der Waals surface area contributed by atoms with Crippen LogP contribution in [0.3, 0.4) is 0 Å². The summed E-state index contributed by atoms with van der Waals surface area (Å²) in [6, 6.07) is 13.4. The van der Waals surface area contributed by atoms with Crippen LogP contribution < -0.4 is 4.90 Å². The number of likely N-dealkylation sites (N-methyl/N-ethyl adjacent to an activating group) is 1. The van der Waals surface area contributed by atoms with E-state index in [-0.39, 0.29) is 5.91 Å². The van der Waals surface area contributed by atoms with Gasteiger partial charge in [-0.2, -0.15) is 0 Å². The lowest BCUT2D eigenvalue weighted by molar-refractivity contribution is -0.114. The maximum Gasteiger partial charge on any atom is 0.278 e. The highest BCUT2D eigenvalue weighted by molar-refractivity contribution is 9.10. The first kappa shape index (κ1) is 19.6. The molecule has 4 nitrogen and oxygen atoms in total. The molecule has 1 heterocycles. The molecule has 0 aliphatic carbocycles. The average Bonchev–Trinajstić information content (AvgIpc) is 2.76. The molecule has 6 heteroatoms. The fourth-order valence-corrected chi connectivity index (χ4v) is 3.61. The zero-order valence-corrected chi connectivity index (χ0v) is 17.9. The minimum Gasteiger partial charge on any atom is -0.376 e. The van der Waals surface area contributed by atoms with Gasteiger partial charge in [0, 0.05) is 47.0 Å². The van der Waals surface area contributed by atoms with Crippen LogP contribution in [0.25, 0.3) is 0 Å². The van der Waals surface area contributed by atoms with E-state index in [0.29, 0.717) is 16.4 Å². The molecular formula is C21H21BrClN3O. The molecule has 0 N–H and O–H groups in total. The second-order valence-electron chi connectivity index (χ2n) is 6.20. The molecule has 0 saturated heterocycles. The summed E-state index contributed by atoms with van der Waals surface area (Å²) in [4.78, 5) is 21.6. The van der Waals surface area contributed by atoms with E-state index in [9.17, 15) is 4.79 Å². The van der Waals surface area contributed by atoms with Crippen LogP contribution in [-0.2, 0) is 4.79 Å². The fraction of sp³-hybridized carbons (Fsp3) is 0.238. The van der Waals surface area contributed by atoms with Crippen molar-refractivity contribution in [2.75, 3.05) is 25.0 Å². The molecule has 0 unspecified atom stereocenters. The van der Waals surface area contributed by atoms with Gasteiger partial charge in [-0.25, -0.2) is 4.99 Å². The molecule has 27 heavy (non-hydrogen) atoms. The van der Waals surface area contributed by atoms with E-state index in [1.165, 1.54) is 0 Å². The Bertz CT molecular complexity index is 935. The summed E-state index contributed by atoms with van der Waals surface area (Å²) < 4.78 is 0.915.